The summed E-state index contributed by atoms with van der Waals surface area (Å²) in [6, 6.07) is 5.04. The zero-order chi connectivity index (χ0) is 24.7. The average molecular weight is 472 g/mol. The first-order valence-corrected chi connectivity index (χ1v) is 9.71. The predicted octanol–water partition coefficient (Wildman–Crippen LogP) is 7.02. The standard InChI is InChI=1S/C12H12F3NO.C11H10F3NO/c1-7-6-16(2)10-5-9(12(13,14)15)11(17-3)4-8(7)10;1-6-5-15-9-4-8(11(12,13)14)10(16-2)3-7(6)9/h4-6H,1-3H3;3-5,15H,1-2H3. The van der Waals surface area contributed by atoms with E-state index in [-0.39, 0.29) is 11.5 Å². The van der Waals surface area contributed by atoms with Gasteiger partial charge in [0.25, 0.3) is 0 Å². The number of halogens is 6. The summed E-state index contributed by atoms with van der Waals surface area (Å²) in [6.07, 6.45) is -5.34. The molecular weight excluding hydrogens is 450 g/mol. The molecule has 0 saturated heterocycles. The minimum absolute atomic E-state index is 0.140. The van der Waals surface area contributed by atoms with Gasteiger partial charge in [-0.2, -0.15) is 26.3 Å². The van der Waals surface area contributed by atoms with Crippen molar-refractivity contribution in [1.82, 2.24) is 9.55 Å². The Morgan fingerprint density at radius 1 is 0.758 bits per heavy atom. The number of nitrogens with zero attached hydrogens (tertiary/aromatic N) is 1. The SMILES string of the molecule is COc1cc2c(C)c[nH]c2cc1C(F)(F)F.COc1cc2c(C)cn(C)c2cc1C(F)(F)F. The Hall–Kier alpha value is -3.30. The van der Waals surface area contributed by atoms with E-state index >= 15 is 0 Å². The van der Waals surface area contributed by atoms with Crippen molar-refractivity contribution < 1.29 is 35.8 Å². The number of fused-ring (bicyclic) bond motifs is 2. The molecule has 0 saturated carbocycles. The molecule has 10 heteroatoms. The molecule has 0 bridgehead atoms. The van der Waals surface area contributed by atoms with Gasteiger partial charge < -0.3 is 19.0 Å². The first-order chi connectivity index (χ1) is 15.3. The second kappa shape index (κ2) is 8.57. The maximum absolute atomic E-state index is 12.8. The van der Waals surface area contributed by atoms with Gasteiger partial charge in [0, 0.05) is 41.2 Å². The van der Waals surface area contributed by atoms with E-state index in [0.29, 0.717) is 11.0 Å². The molecule has 2 heterocycles. The highest BCUT2D eigenvalue weighted by molar-refractivity contribution is 5.87. The molecule has 0 unspecified atom stereocenters. The second-order valence-electron chi connectivity index (χ2n) is 7.56. The van der Waals surface area contributed by atoms with Crippen molar-refractivity contribution in [2.75, 3.05) is 14.2 Å². The van der Waals surface area contributed by atoms with Crippen LogP contribution in [0.5, 0.6) is 11.5 Å². The Kier molecular flexibility index (Phi) is 6.32. The topological polar surface area (TPSA) is 39.2 Å². The molecule has 4 nitrogen and oxygen atoms in total. The van der Waals surface area contributed by atoms with E-state index in [4.69, 9.17) is 9.47 Å². The fraction of sp³-hybridized carbons (Fsp3) is 0.304. The van der Waals surface area contributed by atoms with Crippen LogP contribution in [0, 0.1) is 13.8 Å². The summed E-state index contributed by atoms with van der Waals surface area (Å²) in [5, 5.41) is 1.52. The Labute approximate surface area is 185 Å². The summed E-state index contributed by atoms with van der Waals surface area (Å²) < 4.78 is 87.7. The largest absolute Gasteiger partial charge is 0.496 e. The van der Waals surface area contributed by atoms with Crippen LogP contribution in [-0.4, -0.2) is 23.8 Å². The van der Waals surface area contributed by atoms with Gasteiger partial charge in [0.15, 0.2) is 0 Å². The van der Waals surface area contributed by atoms with Crippen molar-refractivity contribution in [1.29, 1.82) is 0 Å². The summed E-state index contributed by atoms with van der Waals surface area (Å²) >= 11 is 0. The molecule has 0 spiro atoms. The number of alkyl halides is 6. The number of methoxy groups -OCH3 is 2. The molecule has 0 amide bonds. The summed E-state index contributed by atoms with van der Waals surface area (Å²) in [4.78, 5) is 2.80. The molecule has 0 aliphatic heterocycles. The van der Waals surface area contributed by atoms with E-state index in [1.807, 2.05) is 13.8 Å². The molecule has 4 aromatic rings. The van der Waals surface area contributed by atoms with Crippen LogP contribution < -0.4 is 9.47 Å². The minimum atomic E-state index is -4.41. The van der Waals surface area contributed by atoms with Crippen molar-refractivity contribution in [3.63, 3.8) is 0 Å². The summed E-state index contributed by atoms with van der Waals surface area (Å²) in [5.41, 5.74) is 1.33. The van der Waals surface area contributed by atoms with Gasteiger partial charge in [0.05, 0.1) is 25.3 Å². The van der Waals surface area contributed by atoms with Gasteiger partial charge in [0.1, 0.15) is 11.5 Å². The Morgan fingerprint density at radius 3 is 1.79 bits per heavy atom. The van der Waals surface area contributed by atoms with Crippen LogP contribution in [-0.2, 0) is 19.4 Å². The van der Waals surface area contributed by atoms with Crippen LogP contribution in [0.15, 0.2) is 36.7 Å². The zero-order valence-electron chi connectivity index (χ0n) is 18.5. The van der Waals surface area contributed by atoms with Crippen LogP contribution in [0.2, 0.25) is 0 Å². The molecule has 0 radical (unpaired) electrons. The van der Waals surface area contributed by atoms with Crippen molar-refractivity contribution in [2.45, 2.75) is 26.2 Å². The highest BCUT2D eigenvalue weighted by atomic mass is 19.4. The van der Waals surface area contributed by atoms with Crippen LogP contribution >= 0.6 is 0 Å². The Morgan fingerprint density at radius 2 is 1.27 bits per heavy atom. The summed E-state index contributed by atoms with van der Waals surface area (Å²) in [7, 11) is 4.20. The van der Waals surface area contributed by atoms with Gasteiger partial charge in [-0.05, 0) is 49.2 Å². The number of hydrogen-bond donors (Lipinski definition) is 1. The van der Waals surface area contributed by atoms with E-state index in [1.54, 1.807) is 24.0 Å². The van der Waals surface area contributed by atoms with E-state index < -0.39 is 23.5 Å². The van der Waals surface area contributed by atoms with Gasteiger partial charge in [-0.3, -0.25) is 0 Å². The molecule has 4 rings (SSSR count). The number of ether oxygens (including phenoxy) is 2. The normalized spacial score (nSPS) is 12.1. The average Bonchev–Trinajstić information content (AvgIpc) is 3.24. The Balaban J connectivity index is 0.000000186. The summed E-state index contributed by atoms with van der Waals surface area (Å²) in [6.45, 7) is 3.68. The number of hydrogen-bond acceptors (Lipinski definition) is 2. The lowest BCUT2D eigenvalue weighted by molar-refractivity contribution is -0.139. The van der Waals surface area contributed by atoms with Gasteiger partial charge in [-0.15, -0.1) is 0 Å². The third kappa shape index (κ3) is 4.74. The number of rotatable bonds is 2. The number of H-pyrrole nitrogens is 1. The molecule has 0 aliphatic carbocycles. The lowest BCUT2D eigenvalue weighted by Crippen LogP contribution is -2.07. The first-order valence-electron chi connectivity index (χ1n) is 9.71. The molecule has 0 fully saturated rings. The van der Waals surface area contributed by atoms with Gasteiger partial charge in [-0.25, -0.2) is 0 Å². The number of nitrogens with one attached hydrogen (secondary N) is 1. The molecular formula is C23H22F6N2O2. The molecule has 0 aliphatic rings. The number of aromatic nitrogens is 2. The highest BCUT2D eigenvalue weighted by Gasteiger charge is 2.35. The number of aryl methyl sites for hydroxylation is 3. The maximum atomic E-state index is 12.8. The zero-order valence-corrected chi connectivity index (χ0v) is 18.5. The third-order valence-corrected chi connectivity index (χ3v) is 5.33. The molecule has 0 atom stereocenters. The lowest BCUT2D eigenvalue weighted by atomic mass is 10.1. The fourth-order valence-electron chi connectivity index (χ4n) is 3.68. The van der Waals surface area contributed by atoms with Crippen molar-refractivity contribution in [3.05, 3.63) is 58.9 Å². The van der Waals surface area contributed by atoms with Crippen molar-refractivity contribution in [3.8, 4) is 11.5 Å². The van der Waals surface area contributed by atoms with Crippen LogP contribution in [0.3, 0.4) is 0 Å². The Bertz CT molecular complexity index is 1300. The molecule has 2 aromatic heterocycles. The van der Waals surface area contributed by atoms with Gasteiger partial charge in [-0.1, -0.05) is 0 Å². The van der Waals surface area contributed by atoms with E-state index in [2.05, 4.69) is 4.98 Å². The molecule has 33 heavy (non-hydrogen) atoms. The highest BCUT2D eigenvalue weighted by Crippen LogP contribution is 2.40. The molecule has 2 aromatic carbocycles. The molecule has 1 N–H and O–H groups in total. The summed E-state index contributed by atoms with van der Waals surface area (Å²) in [5.74, 6) is -0.290. The monoisotopic (exact) mass is 472 g/mol. The van der Waals surface area contributed by atoms with Crippen molar-refractivity contribution in [2.24, 2.45) is 7.05 Å². The lowest BCUT2D eigenvalue weighted by Gasteiger charge is -2.12. The van der Waals surface area contributed by atoms with Crippen LogP contribution in [0.1, 0.15) is 22.3 Å². The number of benzene rings is 2. The van der Waals surface area contributed by atoms with E-state index in [0.717, 1.165) is 34.0 Å². The third-order valence-electron chi connectivity index (χ3n) is 5.33. The smallest absolute Gasteiger partial charge is 0.420 e. The van der Waals surface area contributed by atoms with Gasteiger partial charge in [0.2, 0.25) is 0 Å². The minimum Gasteiger partial charge on any atom is -0.496 e. The fourth-order valence-corrected chi connectivity index (χ4v) is 3.68. The van der Waals surface area contributed by atoms with Crippen molar-refractivity contribution >= 4 is 21.8 Å². The van der Waals surface area contributed by atoms with E-state index in [1.165, 1.54) is 26.4 Å². The maximum Gasteiger partial charge on any atom is 0.420 e. The molecule has 178 valence electrons. The van der Waals surface area contributed by atoms with Crippen LogP contribution in [0.25, 0.3) is 21.8 Å². The second-order valence-corrected chi connectivity index (χ2v) is 7.56. The quantitative estimate of drug-likeness (QED) is 0.319. The van der Waals surface area contributed by atoms with Crippen LogP contribution in [0.4, 0.5) is 26.3 Å². The predicted molar refractivity (Wildman–Crippen MR) is 114 cm³/mol. The first kappa shape index (κ1) is 24.3. The number of aromatic amines is 1. The van der Waals surface area contributed by atoms with Gasteiger partial charge >= 0.3 is 12.4 Å². The van der Waals surface area contributed by atoms with E-state index in [9.17, 15) is 26.3 Å².